The molecule has 140 valence electrons. The van der Waals surface area contributed by atoms with E-state index in [0.717, 1.165) is 0 Å². The Hall–Kier alpha value is -3.35. The molecule has 0 spiro atoms. The minimum atomic E-state index is -1.06. The van der Waals surface area contributed by atoms with Gasteiger partial charge in [0.2, 0.25) is 5.91 Å². The standard InChI is InChI=1S/C21H16ClN3O3/c1-3-4-12-7-15(22)18(17(8-12)28-2)19-20(26)16(25-21(19)27)9-14-6-5-13(10-23)11-24-14/h5-8,11,16,19H,9H2,1-2H3,(H,25,27). The molecule has 2 unspecified atom stereocenters. The lowest BCUT2D eigenvalue weighted by Crippen LogP contribution is -2.31. The number of nitrogens with one attached hydrogen (secondary N) is 1. The van der Waals surface area contributed by atoms with Crippen molar-refractivity contribution < 1.29 is 14.3 Å². The summed E-state index contributed by atoms with van der Waals surface area (Å²) in [7, 11) is 1.45. The van der Waals surface area contributed by atoms with Gasteiger partial charge in [-0.15, -0.1) is 5.92 Å². The van der Waals surface area contributed by atoms with Crippen LogP contribution < -0.4 is 10.1 Å². The van der Waals surface area contributed by atoms with Crippen molar-refractivity contribution in [1.82, 2.24) is 10.3 Å². The third kappa shape index (κ3) is 3.69. The van der Waals surface area contributed by atoms with E-state index in [0.29, 0.717) is 28.1 Å². The Bertz CT molecular complexity index is 1050. The molecule has 1 aromatic carbocycles. The van der Waals surface area contributed by atoms with Crippen molar-refractivity contribution in [2.75, 3.05) is 7.11 Å². The molecule has 0 bridgehead atoms. The van der Waals surface area contributed by atoms with Crippen LogP contribution in [-0.2, 0) is 16.0 Å². The van der Waals surface area contributed by atoms with E-state index in [1.165, 1.54) is 13.3 Å². The van der Waals surface area contributed by atoms with Crippen LogP contribution >= 0.6 is 11.6 Å². The number of nitrogens with zero attached hydrogens (tertiary/aromatic N) is 2. The Balaban J connectivity index is 1.91. The first-order valence-corrected chi connectivity index (χ1v) is 8.85. The number of hydrogen-bond donors (Lipinski definition) is 1. The van der Waals surface area contributed by atoms with E-state index in [2.05, 4.69) is 22.1 Å². The molecule has 28 heavy (non-hydrogen) atoms. The van der Waals surface area contributed by atoms with Gasteiger partial charge in [-0.1, -0.05) is 17.5 Å². The zero-order chi connectivity index (χ0) is 20.3. The number of methoxy groups -OCH3 is 1. The molecule has 0 radical (unpaired) electrons. The molecule has 1 aliphatic rings. The smallest absolute Gasteiger partial charge is 0.235 e. The van der Waals surface area contributed by atoms with Crippen LogP contribution in [0.5, 0.6) is 5.75 Å². The molecular formula is C21H16ClN3O3. The Morgan fingerprint density at radius 1 is 1.29 bits per heavy atom. The number of Topliss-reactive ketones (excluding diaryl/α,β-unsaturated/α-hetero) is 1. The van der Waals surface area contributed by atoms with Gasteiger partial charge in [0.1, 0.15) is 17.7 Å². The summed E-state index contributed by atoms with van der Waals surface area (Å²) in [5, 5.41) is 11.8. The number of aromatic nitrogens is 1. The molecule has 1 amide bonds. The van der Waals surface area contributed by atoms with Crippen LogP contribution in [-0.4, -0.2) is 29.8 Å². The van der Waals surface area contributed by atoms with Crippen molar-refractivity contribution in [1.29, 1.82) is 5.26 Å². The third-order valence-electron chi connectivity index (χ3n) is 4.44. The van der Waals surface area contributed by atoms with Gasteiger partial charge in [0.05, 0.1) is 18.7 Å². The van der Waals surface area contributed by atoms with E-state index in [1.54, 1.807) is 31.2 Å². The number of nitriles is 1. The lowest BCUT2D eigenvalue weighted by Gasteiger charge is -2.15. The fourth-order valence-corrected chi connectivity index (χ4v) is 3.48. The topological polar surface area (TPSA) is 92.1 Å². The monoisotopic (exact) mass is 393 g/mol. The zero-order valence-electron chi connectivity index (χ0n) is 15.2. The van der Waals surface area contributed by atoms with Crippen molar-refractivity contribution in [2.24, 2.45) is 0 Å². The van der Waals surface area contributed by atoms with E-state index in [9.17, 15) is 9.59 Å². The Kier molecular flexibility index (Phi) is 5.63. The molecule has 0 aliphatic carbocycles. The molecule has 6 nitrogen and oxygen atoms in total. The molecule has 0 saturated carbocycles. The first-order chi connectivity index (χ1) is 13.5. The molecule has 1 saturated heterocycles. The van der Waals surface area contributed by atoms with Gasteiger partial charge in [0.15, 0.2) is 5.78 Å². The molecule has 2 atom stereocenters. The molecule has 1 N–H and O–H groups in total. The van der Waals surface area contributed by atoms with Crippen LogP contribution in [0.15, 0.2) is 30.5 Å². The number of pyridine rings is 1. The lowest BCUT2D eigenvalue weighted by molar-refractivity contribution is -0.124. The Morgan fingerprint density at radius 3 is 2.68 bits per heavy atom. The van der Waals surface area contributed by atoms with E-state index in [4.69, 9.17) is 21.6 Å². The highest BCUT2D eigenvalue weighted by Crippen LogP contribution is 2.38. The van der Waals surface area contributed by atoms with Gasteiger partial charge in [-0.3, -0.25) is 14.6 Å². The molecule has 3 rings (SSSR count). The number of amides is 1. The number of hydrogen-bond acceptors (Lipinski definition) is 5. The van der Waals surface area contributed by atoms with E-state index in [-0.39, 0.29) is 17.2 Å². The first-order valence-electron chi connectivity index (χ1n) is 8.47. The van der Waals surface area contributed by atoms with Crippen molar-refractivity contribution in [3.8, 4) is 23.7 Å². The lowest BCUT2D eigenvalue weighted by atomic mass is 9.91. The summed E-state index contributed by atoms with van der Waals surface area (Å²) in [4.78, 5) is 29.7. The van der Waals surface area contributed by atoms with Crippen LogP contribution in [0.2, 0.25) is 5.02 Å². The minimum absolute atomic E-state index is 0.228. The van der Waals surface area contributed by atoms with E-state index < -0.39 is 17.9 Å². The third-order valence-corrected chi connectivity index (χ3v) is 4.76. The number of ether oxygens (including phenoxy) is 1. The average Bonchev–Trinajstić information content (AvgIpc) is 2.95. The largest absolute Gasteiger partial charge is 0.496 e. The number of carbonyl (C=O) groups excluding carboxylic acids is 2. The second-order valence-corrected chi connectivity index (χ2v) is 6.61. The van der Waals surface area contributed by atoms with Gasteiger partial charge < -0.3 is 10.1 Å². The van der Waals surface area contributed by atoms with E-state index >= 15 is 0 Å². The van der Waals surface area contributed by atoms with Crippen molar-refractivity contribution in [3.05, 3.63) is 57.9 Å². The zero-order valence-corrected chi connectivity index (χ0v) is 16.0. The molecule has 2 aromatic rings. The summed E-state index contributed by atoms with van der Waals surface area (Å²) in [6, 6.07) is 7.82. The summed E-state index contributed by atoms with van der Waals surface area (Å²) >= 11 is 6.38. The minimum Gasteiger partial charge on any atom is -0.496 e. The molecule has 2 heterocycles. The summed E-state index contributed by atoms with van der Waals surface area (Å²) in [6.07, 6.45) is 1.66. The maximum absolute atomic E-state index is 13.0. The SMILES string of the molecule is CC#Cc1cc(Cl)c(C2C(=O)NC(Cc3ccc(C#N)cn3)C2=O)c(OC)c1. The maximum Gasteiger partial charge on any atom is 0.235 e. The van der Waals surface area contributed by atoms with Gasteiger partial charge in [0.25, 0.3) is 0 Å². The van der Waals surface area contributed by atoms with Crippen LogP contribution in [0.4, 0.5) is 0 Å². The number of carbonyl (C=O) groups is 2. The molecule has 7 heteroatoms. The van der Waals surface area contributed by atoms with Gasteiger partial charge >= 0.3 is 0 Å². The summed E-state index contributed by atoms with van der Waals surface area (Å²) in [6.45, 7) is 1.70. The van der Waals surface area contributed by atoms with Gasteiger partial charge in [-0.2, -0.15) is 5.26 Å². The van der Waals surface area contributed by atoms with Crippen molar-refractivity contribution >= 4 is 23.3 Å². The fraction of sp³-hybridized carbons (Fsp3) is 0.238. The fourth-order valence-electron chi connectivity index (χ4n) is 3.16. The van der Waals surface area contributed by atoms with Crippen LogP contribution in [0.1, 0.15) is 35.2 Å². The Labute approximate surface area is 167 Å². The van der Waals surface area contributed by atoms with E-state index in [1.807, 2.05) is 6.07 Å². The average molecular weight is 394 g/mol. The Morgan fingerprint density at radius 2 is 2.07 bits per heavy atom. The molecule has 1 aromatic heterocycles. The van der Waals surface area contributed by atoms with Crippen LogP contribution in [0.3, 0.4) is 0 Å². The highest BCUT2D eigenvalue weighted by atomic mass is 35.5. The van der Waals surface area contributed by atoms with Crippen molar-refractivity contribution in [3.63, 3.8) is 0 Å². The summed E-state index contributed by atoms with van der Waals surface area (Å²) < 4.78 is 5.37. The molecular weight excluding hydrogens is 378 g/mol. The summed E-state index contributed by atoms with van der Waals surface area (Å²) in [5.41, 5.74) is 2.00. The highest BCUT2D eigenvalue weighted by Gasteiger charge is 2.44. The first kappa shape index (κ1) is 19.4. The van der Waals surface area contributed by atoms with Crippen LogP contribution in [0, 0.1) is 23.2 Å². The number of ketones is 1. The molecule has 1 aliphatic heterocycles. The summed E-state index contributed by atoms with van der Waals surface area (Å²) in [5.74, 6) is 4.21. The highest BCUT2D eigenvalue weighted by molar-refractivity contribution is 6.33. The predicted molar refractivity (Wildman–Crippen MR) is 103 cm³/mol. The van der Waals surface area contributed by atoms with Gasteiger partial charge in [-0.05, 0) is 31.2 Å². The molecule has 1 fully saturated rings. The quantitative estimate of drug-likeness (QED) is 0.636. The normalized spacial score (nSPS) is 18.1. The second-order valence-electron chi connectivity index (χ2n) is 6.20. The van der Waals surface area contributed by atoms with Crippen molar-refractivity contribution in [2.45, 2.75) is 25.3 Å². The van der Waals surface area contributed by atoms with Gasteiger partial charge in [-0.25, -0.2) is 0 Å². The number of halogens is 1. The number of benzene rings is 1. The number of rotatable bonds is 4. The maximum atomic E-state index is 13.0. The predicted octanol–water partition coefficient (Wildman–Crippen LogP) is 2.38. The second kappa shape index (κ2) is 8.12. The van der Waals surface area contributed by atoms with Crippen LogP contribution in [0.25, 0.3) is 0 Å². The van der Waals surface area contributed by atoms with Gasteiger partial charge in [0, 0.05) is 34.5 Å².